The molecule has 0 fully saturated rings. The van der Waals surface area contributed by atoms with Gasteiger partial charge in [0.25, 0.3) is 11.8 Å². The van der Waals surface area contributed by atoms with Crippen LogP contribution in [0.4, 0.5) is 0 Å². The molecule has 1 aliphatic heterocycles. The predicted octanol–water partition coefficient (Wildman–Crippen LogP) is -1.21. The number of nitrogens with zero attached hydrogens (tertiary/aromatic N) is 1. The predicted molar refractivity (Wildman–Crippen MR) is 39.6 cm³/mol. The summed E-state index contributed by atoms with van der Waals surface area (Å²) < 4.78 is 0. The van der Waals surface area contributed by atoms with Crippen molar-refractivity contribution in [2.45, 2.75) is 12.6 Å². The molecular formula is C7H8N2O3. The van der Waals surface area contributed by atoms with Crippen LogP contribution < -0.4 is 5.73 Å². The largest absolute Gasteiger partial charge is 0.310 e. The van der Waals surface area contributed by atoms with E-state index in [0.29, 0.717) is 6.29 Å². The normalized spacial score (nSPS) is 18.6. The summed E-state index contributed by atoms with van der Waals surface area (Å²) in [7, 11) is 0. The number of nitrogens with two attached hydrogens (primary N) is 1. The zero-order valence-electron chi connectivity index (χ0n) is 6.27. The summed E-state index contributed by atoms with van der Waals surface area (Å²) in [5.41, 5.74) is 5.38. The zero-order valence-corrected chi connectivity index (χ0v) is 6.27. The Kier molecular flexibility index (Phi) is 2.35. The van der Waals surface area contributed by atoms with Gasteiger partial charge in [-0.2, -0.15) is 0 Å². The maximum atomic E-state index is 10.9. The van der Waals surface area contributed by atoms with Crippen molar-refractivity contribution in [2.75, 3.05) is 0 Å². The fraction of sp³-hybridized carbons (Fsp3) is 0.286. The molecule has 0 spiro atoms. The summed E-state index contributed by atoms with van der Waals surface area (Å²) in [5.74, 6) is -0.927. The molecular weight excluding hydrogens is 160 g/mol. The molecule has 1 rings (SSSR count). The molecule has 0 aromatic heterocycles. The summed E-state index contributed by atoms with van der Waals surface area (Å²) in [6.07, 6.45) is 1.97. The molecule has 64 valence electrons. The van der Waals surface area contributed by atoms with Crippen LogP contribution in [0.2, 0.25) is 0 Å². The highest BCUT2D eigenvalue weighted by Gasteiger charge is 2.28. The minimum Gasteiger partial charge on any atom is -0.310 e. The molecule has 1 atom stereocenters. The van der Waals surface area contributed by atoms with Crippen LogP contribution in [-0.4, -0.2) is 29.2 Å². The van der Waals surface area contributed by atoms with Crippen molar-refractivity contribution in [3.05, 3.63) is 12.2 Å². The second kappa shape index (κ2) is 3.27. The van der Waals surface area contributed by atoms with Gasteiger partial charge in [0.15, 0.2) is 0 Å². The lowest BCUT2D eigenvalue weighted by Crippen LogP contribution is -2.45. The molecule has 0 aromatic carbocycles. The van der Waals surface area contributed by atoms with Crippen LogP contribution in [0.5, 0.6) is 0 Å². The highest BCUT2D eigenvalue weighted by Crippen LogP contribution is 2.06. The van der Waals surface area contributed by atoms with Crippen molar-refractivity contribution in [1.29, 1.82) is 0 Å². The lowest BCUT2D eigenvalue weighted by molar-refractivity contribution is -0.139. The summed E-state index contributed by atoms with van der Waals surface area (Å²) in [6, 6.07) is 0. The first-order chi connectivity index (χ1) is 5.66. The summed E-state index contributed by atoms with van der Waals surface area (Å²) in [5, 5.41) is 0. The molecule has 1 unspecified atom stereocenters. The van der Waals surface area contributed by atoms with Gasteiger partial charge < -0.3 is 10.5 Å². The van der Waals surface area contributed by atoms with E-state index in [9.17, 15) is 14.4 Å². The molecule has 1 aliphatic rings. The number of aldehydes is 1. The fourth-order valence-corrected chi connectivity index (χ4v) is 0.943. The maximum absolute atomic E-state index is 10.9. The van der Waals surface area contributed by atoms with Crippen molar-refractivity contribution in [3.63, 3.8) is 0 Å². The van der Waals surface area contributed by atoms with Gasteiger partial charge in [0.2, 0.25) is 0 Å². The van der Waals surface area contributed by atoms with Gasteiger partial charge in [-0.3, -0.25) is 14.5 Å². The highest BCUT2D eigenvalue weighted by molar-refractivity contribution is 6.13. The lowest BCUT2D eigenvalue weighted by Gasteiger charge is -2.19. The van der Waals surface area contributed by atoms with Crippen LogP contribution in [0.25, 0.3) is 0 Å². The van der Waals surface area contributed by atoms with Crippen molar-refractivity contribution >= 4 is 18.1 Å². The minimum absolute atomic E-state index is 0.0286. The topological polar surface area (TPSA) is 80.5 Å². The Hall–Kier alpha value is -1.49. The van der Waals surface area contributed by atoms with Gasteiger partial charge in [0, 0.05) is 18.6 Å². The molecule has 5 heteroatoms. The third kappa shape index (κ3) is 1.40. The van der Waals surface area contributed by atoms with Gasteiger partial charge in [-0.15, -0.1) is 0 Å². The molecule has 0 saturated carbocycles. The van der Waals surface area contributed by atoms with Crippen LogP contribution in [0.3, 0.4) is 0 Å². The number of hydrogen-bond acceptors (Lipinski definition) is 4. The second-order valence-corrected chi connectivity index (χ2v) is 2.35. The Morgan fingerprint density at radius 1 is 1.42 bits per heavy atom. The van der Waals surface area contributed by atoms with Crippen molar-refractivity contribution in [2.24, 2.45) is 5.73 Å². The van der Waals surface area contributed by atoms with E-state index < -0.39 is 18.0 Å². The number of hydrogen-bond donors (Lipinski definition) is 1. The van der Waals surface area contributed by atoms with Crippen LogP contribution in [0.15, 0.2) is 12.2 Å². The number of carbonyl (C=O) groups is 3. The number of imide groups is 1. The molecule has 1 heterocycles. The average molecular weight is 168 g/mol. The van der Waals surface area contributed by atoms with Crippen LogP contribution in [0.1, 0.15) is 6.42 Å². The van der Waals surface area contributed by atoms with E-state index in [1.807, 2.05) is 0 Å². The Morgan fingerprint density at radius 3 is 2.33 bits per heavy atom. The molecule has 0 aromatic rings. The van der Waals surface area contributed by atoms with Gasteiger partial charge in [0.1, 0.15) is 6.29 Å². The Morgan fingerprint density at radius 2 is 1.92 bits per heavy atom. The maximum Gasteiger partial charge on any atom is 0.254 e. The molecule has 2 N–H and O–H groups in total. The lowest BCUT2D eigenvalue weighted by atomic mass is 10.3. The van der Waals surface area contributed by atoms with E-state index in [-0.39, 0.29) is 6.42 Å². The summed E-state index contributed by atoms with van der Waals surface area (Å²) in [4.78, 5) is 32.7. The third-order valence-corrected chi connectivity index (χ3v) is 1.51. The van der Waals surface area contributed by atoms with Gasteiger partial charge in [0.05, 0.1) is 6.17 Å². The number of rotatable bonds is 3. The third-order valence-electron chi connectivity index (χ3n) is 1.51. The molecule has 2 amide bonds. The Balaban J connectivity index is 2.68. The number of carbonyl (C=O) groups excluding carboxylic acids is 3. The number of amides is 2. The van der Waals surface area contributed by atoms with Crippen molar-refractivity contribution in [3.8, 4) is 0 Å². The van der Waals surface area contributed by atoms with Gasteiger partial charge in [-0.05, 0) is 0 Å². The average Bonchev–Trinajstić information content (AvgIpc) is 2.32. The van der Waals surface area contributed by atoms with Gasteiger partial charge in [-0.1, -0.05) is 0 Å². The van der Waals surface area contributed by atoms with E-state index >= 15 is 0 Å². The standard InChI is InChI=1S/C7H8N2O3/c8-5(3-4-10)9-6(11)1-2-7(9)12/h1-2,4-5H,3,8H2. The Labute approximate surface area is 68.8 Å². The quantitative estimate of drug-likeness (QED) is 0.423. The van der Waals surface area contributed by atoms with Gasteiger partial charge >= 0.3 is 0 Å². The van der Waals surface area contributed by atoms with Crippen molar-refractivity contribution in [1.82, 2.24) is 4.90 Å². The molecule has 0 bridgehead atoms. The van der Waals surface area contributed by atoms with E-state index in [0.717, 1.165) is 17.1 Å². The smallest absolute Gasteiger partial charge is 0.254 e. The molecule has 5 nitrogen and oxygen atoms in total. The first-order valence-corrected chi connectivity index (χ1v) is 3.41. The van der Waals surface area contributed by atoms with Crippen molar-refractivity contribution < 1.29 is 14.4 Å². The molecule has 12 heavy (non-hydrogen) atoms. The fourth-order valence-electron chi connectivity index (χ4n) is 0.943. The zero-order chi connectivity index (χ0) is 9.14. The van der Waals surface area contributed by atoms with E-state index in [1.165, 1.54) is 0 Å². The second-order valence-electron chi connectivity index (χ2n) is 2.35. The van der Waals surface area contributed by atoms with E-state index in [1.54, 1.807) is 0 Å². The van der Waals surface area contributed by atoms with Crippen LogP contribution in [0, 0.1) is 0 Å². The van der Waals surface area contributed by atoms with E-state index in [2.05, 4.69) is 0 Å². The minimum atomic E-state index is -0.836. The van der Waals surface area contributed by atoms with E-state index in [4.69, 9.17) is 5.73 Å². The van der Waals surface area contributed by atoms with Crippen LogP contribution in [-0.2, 0) is 14.4 Å². The van der Waals surface area contributed by atoms with Crippen LogP contribution >= 0.6 is 0 Å². The molecule has 0 aliphatic carbocycles. The monoisotopic (exact) mass is 168 g/mol. The summed E-state index contributed by atoms with van der Waals surface area (Å²) in [6.45, 7) is 0. The first kappa shape index (κ1) is 8.61. The molecule has 0 radical (unpaired) electrons. The first-order valence-electron chi connectivity index (χ1n) is 3.41. The SMILES string of the molecule is NC(CC=O)N1C(=O)C=CC1=O. The Bertz CT molecular complexity index is 241. The summed E-state index contributed by atoms with van der Waals surface area (Å²) >= 11 is 0. The highest BCUT2D eigenvalue weighted by atomic mass is 16.2. The van der Waals surface area contributed by atoms with Gasteiger partial charge in [-0.25, -0.2) is 0 Å². The molecule has 0 saturated heterocycles.